The first-order valence-electron chi connectivity index (χ1n) is 9.03. The standard InChI is InChI=1S/C21H19N3O6S/c1-14-6-9-17(24(26)27)13-20(14)23-31(28,29)19-5-3-4-15(12-19)21(25)22-16-7-10-18(30-2)11-8-16/h3-13,23H,1-2H3,(H,22,25). The highest BCUT2D eigenvalue weighted by atomic mass is 32.2. The first kappa shape index (κ1) is 21.8. The Labute approximate surface area is 178 Å². The highest BCUT2D eigenvalue weighted by molar-refractivity contribution is 7.92. The molecule has 160 valence electrons. The Morgan fingerprint density at radius 1 is 1.03 bits per heavy atom. The Balaban J connectivity index is 1.83. The van der Waals surface area contributed by atoms with Gasteiger partial charge in [-0.3, -0.25) is 19.6 Å². The van der Waals surface area contributed by atoms with Crippen LogP contribution < -0.4 is 14.8 Å². The number of nitrogens with zero attached hydrogens (tertiary/aromatic N) is 1. The minimum atomic E-state index is -4.09. The number of aryl methyl sites for hydroxylation is 1. The van der Waals surface area contributed by atoms with Crippen LogP contribution >= 0.6 is 0 Å². The van der Waals surface area contributed by atoms with Crippen LogP contribution in [0.3, 0.4) is 0 Å². The van der Waals surface area contributed by atoms with E-state index in [1.54, 1.807) is 31.2 Å². The summed E-state index contributed by atoms with van der Waals surface area (Å²) in [6.07, 6.45) is 0. The number of nitro benzene ring substituents is 1. The minimum Gasteiger partial charge on any atom is -0.497 e. The van der Waals surface area contributed by atoms with Crippen LogP contribution in [0.5, 0.6) is 5.75 Å². The lowest BCUT2D eigenvalue weighted by Crippen LogP contribution is -2.16. The summed E-state index contributed by atoms with van der Waals surface area (Å²) in [5.41, 5.74) is 1.01. The van der Waals surface area contributed by atoms with Gasteiger partial charge in [-0.15, -0.1) is 0 Å². The van der Waals surface area contributed by atoms with Crippen molar-refractivity contribution >= 4 is 33.0 Å². The van der Waals surface area contributed by atoms with Gasteiger partial charge < -0.3 is 10.1 Å². The van der Waals surface area contributed by atoms with Gasteiger partial charge in [0.2, 0.25) is 0 Å². The monoisotopic (exact) mass is 441 g/mol. The lowest BCUT2D eigenvalue weighted by atomic mass is 10.2. The molecule has 3 rings (SSSR count). The van der Waals surface area contributed by atoms with Crippen LogP contribution in [0.15, 0.2) is 71.6 Å². The number of ether oxygens (including phenoxy) is 1. The summed E-state index contributed by atoms with van der Waals surface area (Å²) in [6.45, 7) is 1.63. The predicted octanol–water partition coefficient (Wildman–Crippen LogP) is 3.96. The second-order valence-electron chi connectivity index (χ2n) is 6.57. The van der Waals surface area contributed by atoms with Gasteiger partial charge in [-0.05, 0) is 55.0 Å². The smallest absolute Gasteiger partial charge is 0.271 e. The van der Waals surface area contributed by atoms with Crippen molar-refractivity contribution in [3.63, 3.8) is 0 Å². The number of rotatable bonds is 7. The average molecular weight is 441 g/mol. The van der Waals surface area contributed by atoms with Gasteiger partial charge in [0.1, 0.15) is 5.75 Å². The second kappa shape index (κ2) is 8.84. The van der Waals surface area contributed by atoms with E-state index in [1.807, 2.05) is 0 Å². The maximum absolute atomic E-state index is 12.8. The zero-order valence-corrected chi connectivity index (χ0v) is 17.5. The van der Waals surface area contributed by atoms with Gasteiger partial charge in [0, 0.05) is 23.4 Å². The van der Waals surface area contributed by atoms with E-state index in [0.717, 1.165) is 6.07 Å². The Morgan fingerprint density at radius 2 is 1.74 bits per heavy atom. The van der Waals surface area contributed by atoms with E-state index in [2.05, 4.69) is 10.0 Å². The van der Waals surface area contributed by atoms with Gasteiger partial charge in [0.25, 0.3) is 21.6 Å². The number of nitrogens with one attached hydrogen (secondary N) is 2. The Kier molecular flexibility index (Phi) is 6.21. The Hall–Kier alpha value is -3.92. The summed E-state index contributed by atoms with van der Waals surface area (Å²) in [7, 11) is -2.55. The van der Waals surface area contributed by atoms with E-state index in [-0.39, 0.29) is 21.8 Å². The Bertz CT molecular complexity index is 1240. The van der Waals surface area contributed by atoms with Crippen molar-refractivity contribution in [3.8, 4) is 5.75 Å². The molecule has 0 heterocycles. The SMILES string of the molecule is COc1ccc(NC(=O)c2cccc(S(=O)(=O)Nc3cc([N+](=O)[O-])ccc3C)c2)cc1. The van der Waals surface area contributed by atoms with Gasteiger partial charge in [-0.2, -0.15) is 0 Å². The van der Waals surface area contributed by atoms with Crippen molar-refractivity contribution < 1.29 is 22.9 Å². The highest BCUT2D eigenvalue weighted by Crippen LogP contribution is 2.25. The summed E-state index contributed by atoms with van der Waals surface area (Å²) in [4.78, 5) is 22.8. The molecule has 31 heavy (non-hydrogen) atoms. The van der Waals surface area contributed by atoms with E-state index in [1.165, 1.54) is 43.5 Å². The number of carbonyl (C=O) groups excluding carboxylic acids is 1. The molecule has 0 radical (unpaired) electrons. The van der Waals surface area contributed by atoms with Gasteiger partial charge in [-0.1, -0.05) is 12.1 Å². The van der Waals surface area contributed by atoms with E-state index in [4.69, 9.17) is 4.74 Å². The molecule has 0 saturated heterocycles. The van der Waals surface area contributed by atoms with Gasteiger partial charge in [0.15, 0.2) is 0 Å². The van der Waals surface area contributed by atoms with Gasteiger partial charge in [-0.25, -0.2) is 8.42 Å². The molecule has 3 aromatic rings. The number of hydrogen-bond donors (Lipinski definition) is 2. The molecular formula is C21H19N3O6S. The number of amides is 1. The van der Waals surface area contributed by atoms with Crippen LogP contribution in [0.25, 0.3) is 0 Å². The third-order valence-corrected chi connectivity index (χ3v) is 5.79. The first-order chi connectivity index (χ1) is 14.7. The maximum atomic E-state index is 12.8. The molecule has 0 aliphatic carbocycles. The van der Waals surface area contributed by atoms with Crippen molar-refractivity contribution in [2.45, 2.75) is 11.8 Å². The van der Waals surface area contributed by atoms with Crippen molar-refractivity contribution in [3.05, 3.63) is 88.0 Å². The third-order valence-electron chi connectivity index (χ3n) is 4.43. The van der Waals surface area contributed by atoms with E-state index in [0.29, 0.717) is 17.0 Å². The lowest BCUT2D eigenvalue weighted by molar-refractivity contribution is -0.384. The quantitative estimate of drug-likeness (QED) is 0.422. The van der Waals surface area contributed by atoms with Crippen LogP contribution in [-0.2, 0) is 10.0 Å². The normalized spacial score (nSPS) is 10.9. The molecule has 1 amide bonds. The fraction of sp³-hybridized carbons (Fsp3) is 0.0952. The van der Waals surface area contributed by atoms with Crippen LogP contribution in [0.4, 0.5) is 17.1 Å². The molecule has 2 N–H and O–H groups in total. The molecule has 0 aliphatic heterocycles. The fourth-order valence-corrected chi connectivity index (χ4v) is 3.89. The summed E-state index contributed by atoms with van der Waals surface area (Å²) in [5.74, 6) is 0.141. The van der Waals surface area contributed by atoms with Crippen molar-refractivity contribution in [1.82, 2.24) is 0 Å². The second-order valence-corrected chi connectivity index (χ2v) is 8.25. The first-order valence-corrected chi connectivity index (χ1v) is 10.5. The van der Waals surface area contributed by atoms with Crippen molar-refractivity contribution in [1.29, 1.82) is 0 Å². The van der Waals surface area contributed by atoms with Crippen LogP contribution in [0.1, 0.15) is 15.9 Å². The highest BCUT2D eigenvalue weighted by Gasteiger charge is 2.19. The zero-order chi connectivity index (χ0) is 22.6. The number of benzene rings is 3. The van der Waals surface area contributed by atoms with E-state index in [9.17, 15) is 23.3 Å². The van der Waals surface area contributed by atoms with E-state index >= 15 is 0 Å². The van der Waals surface area contributed by atoms with Gasteiger partial charge >= 0.3 is 0 Å². The Morgan fingerprint density at radius 3 is 2.39 bits per heavy atom. The number of non-ortho nitro benzene ring substituents is 1. The van der Waals surface area contributed by atoms with E-state index < -0.39 is 20.9 Å². The average Bonchev–Trinajstić information content (AvgIpc) is 2.75. The summed E-state index contributed by atoms with van der Waals surface area (Å²) >= 11 is 0. The lowest BCUT2D eigenvalue weighted by Gasteiger charge is -2.12. The number of carbonyl (C=O) groups is 1. The largest absolute Gasteiger partial charge is 0.497 e. The maximum Gasteiger partial charge on any atom is 0.271 e. The molecule has 0 unspecified atom stereocenters. The molecule has 9 nitrogen and oxygen atoms in total. The minimum absolute atomic E-state index is 0.0855. The fourth-order valence-electron chi connectivity index (χ4n) is 2.72. The topological polar surface area (TPSA) is 128 Å². The molecule has 0 aromatic heterocycles. The molecule has 0 atom stereocenters. The molecular weight excluding hydrogens is 422 g/mol. The van der Waals surface area contributed by atoms with Gasteiger partial charge in [0.05, 0.1) is 22.6 Å². The van der Waals surface area contributed by atoms with Crippen LogP contribution in [-0.4, -0.2) is 26.4 Å². The third kappa shape index (κ3) is 5.17. The number of hydrogen-bond acceptors (Lipinski definition) is 6. The summed E-state index contributed by atoms with van der Waals surface area (Å²) in [5, 5.41) is 13.7. The number of nitro groups is 1. The molecule has 0 aliphatic rings. The van der Waals surface area contributed by atoms with Crippen molar-refractivity contribution in [2.24, 2.45) is 0 Å². The van der Waals surface area contributed by atoms with Crippen LogP contribution in [0.2, 0.25) is 0 Å². The molecule has 0 saturated carbocycles. The molecule has 0 fully saturated rings. The van der Waals surface area contributed by atoms with Crippen molar-refractivity contribution in [2.75, 3.05) is 17.1 Å². The zero-order valence-electron chi connectivity index (χ0n) is 16.7. The summed E-state index contributed by atoms with van der Waals surface area (Å²) < 4.78 is 33.0. The molecule has 10 heteroatoms. The number of methoxy groups -OCH3 is 1. The predicted molar refractivity (Wildman–Crippen MR) is 116 cm³/mol. The molecule has 0 spiro atoms. The summed E-state index contributed by atoms with van der Waals surface area (Å²) in [6, 6.07) is 16.1. The number of anilines is 2. The molecule has 3 aromatic carbocycles. The van der Waals surface area contributed by atoms with Crippen LogP contribution in [0, 0.1) is 17.0 Å². The molecule has 0 bridgehead atoms. The number of sulfonamides is 1.